The van der Waals surface area contributed by atoms with E-state index in [9.17, 15) is 0 Å². The van der Waals surface area contributed by atoms with Gasteiger partial charge >= 0.3 is 0 Å². The third kappa shape index (κ3) is 5.68. The van der Waals surface area contributed by atoms with Crippen LogP contribution in [0.5, 0.6) is 0 Å². The molecule has 0 amide bonds. The highest BCUT2D eigenvalue weighted by molar-refractivity contribution is 4.76. The molecule has 0 aromatic carbocycles. The van der Waals surface area contributed by atoms with Gasteiger partial charge in [-0.25, -0.2) is 0 Å². The van der Waals surface area contributed by atoms with E-state index in [1.165, 1.54) is 25.7 Å². The first-order valence-corrected chi connectivity index (χ1v) is 7.76. The van der Waals surface area contributed by atoms with Crippen LogP contribution in [0.25, 0.3) is 0 Å². The van der Waals surface area contributed by atoms with E-state index in [-0.39, 0.29) is 0 Å². The van der Waals surface area contributed by atoms with E-state index < -0.39 is 0 Å². The molecule has 18 heavy (non-hydrogen) atoms. The fourth-order valence-corrected chi connectivity index (χ4v) is 2.81. The van der Waals surface area contributed by atoms with Crippen LogP contribution in [0.15, 0.2) is 0 Å². The second-order valence-corrected chi connectivity index (χ2v) is 5.66. The van der Waals surface area contributed by atoms with Gasteiger partial charge in [0, 0.05) is 25.2 Å². The van der Waals surface area contributed by atoms with E-state index in [4.69, 9.17) is 4.74 Å². The Hall–Kier alpha value is -0.120. The summed E-state index contributed by atoms with van der Waals surface area (Å²) < 4.78 is 5.75. The van der Waals surface area contributed by atoms with Crippen molar-refractivity contribution >= 4 is 0 Å². The predicted octanol–water partition coefficient (Wildman–Crippen LogP) is 2.65. The topological polar surface area (TPSA) is 24.5 Å². The Morgan fingerprint density at radius 2 is 2.11 bits per heavy atom. The Morgan fingerprint density at radius 3 is 2.67 bits per heavy atom. The molecule has 0 aromatic heterocycles. The summed E-state index contributed by atoms with van der Waals surface area (Å²) in [6.07, 6.45) is 5.40. The molecule has 108 valence electrons. The van der Waals surface area contributed by atoms with Gasteiger partial charge in [0.1, 0.15) is 0 Å². The van der Waals surface area contributed by atoms with Gasteiger partial charge in [-0.2, -0.15) is 0 Å². The molecule has 1 aliphatic rings. The molecule has 3 unspecified atom stereocenters. The molecule has 0 spiro atoms. The van der Waals surface area contributed by atoms with Crippen LogP contribution in [0.2, 0.25) is 0 Å². The molecule has 1 fully saturated rings. The fraction of sp³-hybridized carbons (Fsp3) is 1.00. The maximum atomic E-state index is 5.75. The first kappa shape index (κ1) is 15.9. The van der Waals surface area contributed by atoms with Gasteiger partial charge in [-0.3, -0.25) is 4.90 Å². The molecule has 0 saturated carbocycles. The third-order valence-electron chi connectivity index (χ3n) is 3.93. The largest absolute Gasteiger partial charge is 0.377 e. The van der Waals surface area contributed by atoms with Gasteiger partial charge in [-0.1, -0.05) is 13.8 Å². The molecule has 3 atom stereocenters. The summed E-state index contributed by atoms with van der Waals surface area (Å²) in [6.45, 7) is 13.5. The summed E-state index contributed by atoms with van der Waals surface area (Å²) in [6, 6.07) is 1.25. The number of nitrogens with zero attached hydrogens (tertiary/aromatic N) is 1. The molecule has 0 radical (unpaired) electrons. The molecule has 1 saturated heterocycles. The molecule has 0 bridgehead atoms. The van der Waals surface area contributed by atoms with Crippen LogP contribution < -0.4 is 5.32 Å². The average molecular weight is 256 g/mol. The van der Waals surface area contributed by atoms with Crippen molar-refractivity contribution in [1.82, 2.24) is 10.2 Å². The SMILES string of the molecule is CCCNC(C)CC(C)N(CC)CC1CCCO1. The smallest absolute Gasteiger partial charge is 0.0702 e. The zero-order valence-corrected chi connectivity index (χ0v) is 12.7. The Labute approximate surface area is 113 Å². The summed E-state index contributed by atoms with van der Waals surface area (Å²) in [5, 5.41) is 3.58. The molecule has 0 aliphatic carbocycles. The second-order valence-electron chi connectivity index (χ2n) is 5.66. The normalized spacial score (nSPS) is 23.5. The number of hydrogen-bond acceptors (Lipinski definition) is 3. The molecular formula is C15H32N2O. The monoisotopic (exact) mass is 256 g/mol. The predicted molar refractivity (Wildman–Crippen MR) is 78.1 cm³/mol. The lowest BCUT2D eigenvalue weighted by atomic mass is 10.1. The summed E-state index contributed by atoms with van der Waals surface area (Å²) >= 11 is 0. The van der Waals surface area contributed by atoms with Crippen molar-refractivity contribution in [3.8, 4) is 0 Å². The second kappa shape index (κ2) is 8.89. The standard InChI is InChI=1S/C15H32N2O/c1-5-9-16-13(3)11-14(4)17(6-2)12-15-8-7-10-18-15/h13-16H,5-12H2,1-4H3. The Bertz CT molecular complexity index is 205. The van der Waals surface area contributed by atoms with Crippen LogP contribution in [0.1, 0.15) is 53.4 Å². The van der Waals surface area contributed by atoms with E-state index in [1.54, 1.807) is 0 Å². The lowest BCUT2D eigenvalue weighted by Gasteiger charge is -2.31. The summed E-state index contributed by atoms with van der Waals surface area (Å²) in [7, 11) is 0. The Balaban J connectivity index is 2.28. The quantitative estimate of drug-likeness (QED) is 0.686. The molecule has 3 heteroatoms. The highest BCUT2D eigenvalue weighted by Crippen LogP contribution is 2.16. The highest BCUT2D eigenvalue weighted by Gasteiger charge is 2.22. The van der Waals surface area contributed by atoms with Crippen LogP contribution in [-0.2, 0) is 4.74 Å². The van der Waals surface area contributed by atoms with E-state index >= 15 is 0 Å². The minimum atomic E-state index is 0.478. The van der Waals surface area contributed by atoms with Crippen molar-refractivity contribution in [3.63, 3.8) is 0 Å². The van der Waals surface area contributed by atoms with Crippen molar-refractivity contribution < 1.29 is 4.74 Å². The Morgan fingerprint density at radius 1 is 1.33 bits per heavy atom. The number of rotatable bonds is 9. The van der Waals surface area contributed by atoms with Gasteiger partial charge in [0.2, 0.25) is 0 Å². The van der Waals surface area contributed by atoms with Crippen molar-refractivity contribution in [2.45, 2.75) is 71.6 Å². The molecule has 3 nitrogen and oxygen atoms in total. The lowest BCUT2D eigenvalue weighted by Crippen LogP contribution is -2.42. The van der Waals surface area contributed by atoms with Crippen molar-refractivity contribution in [3.05, 3.63) is 0 Å². The van der Waals surface area contributed by atoms with Gasteiger partial charge < -0.3 is 10.1 Å². The fourth-order valence-electron chi connectivity index (χ4n) is 2.81. The maximum absolute atomic E-state index is 5.75. The minimum absolute atomic E-state index is 0.478. The van der Waals surface area contributed by atoms with Gasteiger partial charge in [-0.15, -0.1) is 0 Å². The van der Waals surface area contributed by atoms with Crippen molar-refractivity contribution in [2.75, 3.05) is 26.2 Å². The van der Waals surface area contributed by atoms with E-state index in [0.29, 0.717) is 18.2 Å². The molecule has 1 N–H and O–H groups in total. The van der Waals surface area contributed by atoms with Gasteiger partial charge in [0.05, 0.1) is 6.10 Å². The molecular weight excluding hydrogens is 224 g/mol. The number of likely N-dealkylation sites (N-methyl/N-ethyl adjacent to an activating group) is 1. The van der Waals surface area contributed by atoms with E-state index in [0.717, 1.165) is 26.2 Å². The van der Waals surface area contributed by atoms with Crippen LogP contribution in [0.4, 0.5) is 0 Å². The summed E-state index contributed by atoms with van der Waals surface area (Å²) in [5.74, 6) is 0. The molecule has 1 rings (SSSR count). The molecule has 0 aromatic rings. The van der Waals surface area contributed by atoms with Gasteiger partial charge in [0.15, 0.2) is 0 Å². The zero-order chi connectivity index (χ0) is 13.4. The number of ether oxygens (including phenoxy) is 1. The van der Waals surface area contributed by atoms with E-state index in [1.807, 2.05) is 0 Å². The number of hydrogen-bond donors (Lipinski definition) is 1. The molecule has 1 heterocycles. The number of nitrogens with one attached hydrogen (secondary N) is 1. The van der Waals surface area contributed by atoms with E-state index in [2.05, 4.69) is 37.9 Å². The minimum Gasteiger partial charge on any atom is -0.377 e. The lowest BCUT2D eigenvalue weighted by molar-refractivity contribution is 0.0589. The first-order chi connectivity index (χ1) is 8.67. The van der Waals surface area contributed by atoms with Crippen LogP contribution >= 0.6 is 0 Å². The van der Waals surface area contributed by atoms with Crippen molar-refractivity contribution in [1.29, 1.82) is 0 Å². The Kier molecular flexibility index (Phi) is 7.87. The maximum Gasteiger partial charge on any atom is 0.0702 e. The van der Waals surface area contributed by atoms with Crippen LogP contribution in [0, 0.1) is 0 Å². The third-order valence-corrected chi connectivity index (χ3v) is 3.93. The van der Waals surface area contributed by atoms with Gasteiger partial charge in [0.25, 0.3) is 0 Å². The summed E-state index contributed by atoms with van der Waals surface area (Å²) in [4.78, 5) is 2.57. The summed E-state index contributed by atoms with van der Waals surface area (Å²) in [5.41, 5.74) is 0. The first-order valence-electron chi connectivity index (χ1n) is 7.76. The molecule has 1 aliphatic heterocycles. The average Bonchev–Trinajstić information content (AvgIpc) is 2.86. The van der Waals surface area contributed by atoms with Crippen LogP contribution in [-0.4, -0.2) is 49.3 Å². The zero-order valence-electron chi connectivity index (χ0n) is 12.7. The van der Waals surface area contributed by atoms with Crippen LogP contribution in [0.3, 0.4) is 0 Å². The van der Waals surface area contributed by atoms with Gasteiger partial charge in [-0.05, 0) is 52.6 Å². The van der Waals surface area contributed by atoms with Crippen molar-refractivity contribution in [2.24, 2.45) is 0 Å². The highest BCUT2D eigenvalue weighted by atomic mass is 16.5.